The molecule has 0 aliphatic heterocycles. The molecule has 0 bridgehead atoms. The topological polar surface area (TPSA) is 23.8 Å². The Morgan fingerprint density at radius 3 is 2.11 bits per heavy atom. The molecule has 1 aromatic carbocycles. The summed E-state index contributed by atoms with van der Waals surface area (Å²) in [5.74, 6) is 0. The van der Waals surface area contributed by atoms with Crippen LogP contribution in [-0.4, -0.2) is 0 Å². The van der Waals surface area contributed by atoms with Crippen molar-refractivity contribution in [1.29, 1.82) is 0 Å². The van der Waals surface area contributed by atoms with Gasteiger partial charge in [-0.1, -0.05) is 6.07 Å². The van der Waals surface area contributed by atoms with Crippen molar-refractivity contribution in [1.82, 2.24) is 0 Å². The molecule has 0 unspecified atom stereocenters. The molecular weight excluding hydrogens is 187 g/mol. The molecule has 1 N–H and O–H groups in total. The second-order valence-electron chi connectivity index (χ2n) is 1.66. The molecular formula is C7H7NY-2. The number of nitrogens with one attached hydrogen (secondary N) is 1. The Hall–Kier alpha value is -0.00610. The Balaban J connectivity index is 0.000000640. The van der Waals surface area contributed by atoms with E-state index in [4.69, 9.17) is 5.73 Å². The minimum Gasteiger partial charge on any atom is -0.756 e. The zero-order valence-corrected chi connectivity index (χ0v) is 7.93. The van der Waals surface area contributed by atoms with E-state index in [-0.39, 0.29) is 32.7 Å². The number of hydrogen-bond acceptors (Lipinski definition) is 0. The van der Waals surface area contributed by atoms with E-state index in [1.54, 1.807) is 6.07 Å². The summed E-state index contributed by atoms with van der Waals surface area (Å²) in [4.78, 5) is 0. The quantitative estimate of drug-likeness (QED) is 0.566. The van der Waals surface area contributed by atoms with Crippen molar-refractivity contribution in [3.05, 3.63) is 42.5 Å². The molecule has 0 saturated heterocycles. The summed E-state index contributed by atoms with van der Waals surface area (Å²) in [6.07, 6.45) is 0. The van der Waals surface area contributed by atoms with Crippen LogP contribution in [0, 0.1) is 6.92 Å². The molecule has 0 atom stereocenters. The zero-order valence-electron chi connectivity index (χ0n) is 5.09. The molecule has 0 saturated carbocycles. The Morgan fingerprint density at radius 2 is 1.78 bits per heavy atom. The van der Waals surface area contributed by atoms with Gasteiger partial charge < -0.3 is 5.73 Å². The number of hydrogen-bond donors (Lipinski definition) is 0. The average Bonchev–Trinajstić information content (AvgIpc) is 1.77. The van der Waals surface area contributed by atoms with Crippen LogP contribution in [0.1, 0.15) is 5.56 Å². The van der Waals surface area contributed by atoms with E-state index >= 15 is 0 Å². The molecule has 1 radical (unpaired) electrons. The van der Waals surface area contributed by atoms with Gasteiger partial charge in [0.25, 0.3) is 0 Å². The largest absolute Gasteiger partial charge is 0.756 e. The second-order valence-corrected chi connectivity index (χ2v) is 1.66. The van der Waals surface area contributed by atoms with Gasteiger partial charge in [0.05, 0.1) is 0 Å². The van der Waals surface area contributed by atoms with Crippen LogP contribution >= 0.6 is 0 Å². The Kier molecular flexibility index (Phi) is 3.91. The summed E-state index contributed by atoms with van der Waals surface area (Å²) in [6, 6.07) is 7.25. The maximum atomic E-state index is 7.16. The van der Waals surface area contributed by atoms with E-state index in [2.05, 4.69) is 6.92 Å². The summed E-state index contributed by atoms with van der Waals surface area (Å²) < 4.78 is 0. The van der Waals surface area contributed by atoms with Crippen molar-refractivity contribution in [2.24, 2.45) is 0 Å². The van der Waals surface area contributed by atoms with E-state index in [0.717, 1.165) is 5.56 Å². The third kappa shape index (κ3) is 2.38. The first-order valence-electron chi connectivity index (χ1n) is 2.43. The monoisotopic (exact) mass is 194 g/mol. The van der Waals surface area contributed by atoms with Gasteiger partial charge in [0, 0.05) is 32.7 Å². The Morgan fingerprint density at radius 1 is 1.22 bits per heavy atom. The van der Waals surface area contributed by atoms with Crippen molar-refractivity contribution in [3.63, 3.8) is 0 Å². The van der Waals surface area contributed by atoms with Gasteiger partial charge >= 0.3 is 0 Å². The van der Waals surface area contributed by atoms with E-state index in [1.165, 1.54) is 0 Å². The van der Waals surface area contributed by atoms with Gasteiger partial charge in [-0.3, -0.25) is 5.69 Å². The summed E-state index contributed by atoms with van der Waals surface area (Å²) >= 11 is 0. The van der Waals surface area contributed by atoms with Crippen LogP contribution in [0.25, 0.3) is 5.73 Å². The first kappa shape index (κ1) is 8.99. The van der Waals surface area contributed by atoms with Crippen LogP contribution in [0.15, 0.2) is 24.3 Å². The Labute approximate surface area is 80.5 Å². The minimum atomic E-state index is 0. The van der Waals surface area contributed by atoms with E-state index in [1.807, 2.05) is 18.2 Å². The fourth-order valence-electron chi connectivity index (χ4n) is 0.520. The van der Waals surface area contributed by atoms with E-state index in [0.29, 0.717) is 5.69 Å². The summed E-state index contributed by atoms with van der Waals surface area (Å²) in [5.41, 5.74) is 8.45. The van der Waals surface area contributed by atoms with Crippen LogP contribution in [0.5, 0.6) is 0 Å². The molecule has 0 aliphatic carbocycles. The summed E-state index contributed by atoms with van der Waals surface area (Å²) in [7, 11) is 0. The van der Waals surface area contributed by atoms with Crippen LogP contribution in [0.3, 0.4) is 0 Å². The van der Waals surface area contributed by atoms with E-state index in [9.17, 15) is 0 Å². The van der Waals surface area contributed by atoms with Crippen molar-refractivity contribution in [3.8, 4) is 0 Å². The maximum absolute atomic E-state index is 7.16. The molecule has 0 heterocycles. The molecule has 0 spiro atoms. The second kappa shape index (κ2) is 3.91. The first-order valence-corrected chi connectivity index (χ1v) is 2.43. The van der Waals surface area contributed by atoms with E-state index < -0.39 is 0 Å². The van der Waals surface area contributed by atoms with Crippen molar-refractivity contribution < 1.29 is 32.7 Å². The fourth-order valence-corrected chi connectivity index (χ4v) is 0.520. The van der Waals surface area contributed by atoms with Gasteiger partial charge in [0.2, 0.25) is 0 Å². The van der Waals surface area contributed by atoms with Crippen molar-refractivity contribution >= 4 is 5.69 Å². The van der Waals surface area contributed by atoms with Crippen molar-refractivity contribution in [2.45, 2.75) is 0 Å². The molecule has 45 valence electrons. The summed E-state index contributed by atoms with van der Waals surface area (Å²) in [6.45, 7) is 3.63. The van der Waals surface area contributed by atoms with Gasteiger partial charge in [-0.15, -0.1) is 12.1 Å². The zero-order chi connectivity index (χ0) is 5.98. The molecule has 0 amide bonds. The van der Waals surface area contributed by atoms with Crippen LogP contribution in [0.4, 0.5) is 5.69 Å². The number of benzene rings is 1. The summed E-state index contributed by atoms with van der Waals surface area (Å²) in [5, 5.41) is 0. The molecule has 1 nitrogen and oxygen atoms in total. The minimum absolute atomic E-state index is 0. The molecule has 1 rings (SSSR count). The predicted molar refractivity (Wildman–Crippen MR) is 34.9 cm³/mol. The van der Waals surface area contributed by atoms with Crippen LogP contribution in [0.2, 0.25) is 0 Å². The van der Waals surface area contributed by atoms with Gasteiger partial charge in [0.1, 0.15) is 0 Å². The third-order valence-corrected chi connectivity index (χ3v) is 1.02. The number of rotatable bonds is 0. The van der Waals surface area contributed by atoms with Crippen molar-refractivity contribution in [2.75, 3.05) is 0 Å². The first-order chi connectivity index (χ1) is 3.80. The fraction of sp³-hybridized carbons (Fsp3) is 0. The molecule has 0 aromatic heterocycles. The molecule has 0 aliphatic rings. The molecule has 0 fully saturated rings. The molecule has 1 aromatic rings. The predicted octanol–water partition coefficient (Wildman–Crippen LogP) is 2.55. The van der Waals surface area contributed by atoms with Gasteiger partial charge in [0.15, 0.2) is 0 Å². The molecule has 2 heteroatoms. The maximum Gasteiger partial charge on any atom is 0 e. The average molecular weight is 194 g/mol. The van der Waals surface area contributed by atoms with Gasteiger partial charge in [-0.05, 0) is 0 Å². The van der Waals surface area contributed by atoms with Crippen LogP contribution < -0.4 is 0 Å². The SMILES string of the molecule is [CH2-]c1ccccc1[NH-].[Y]. The van der Waals surface area contributed by atoms with Gasteiger partial charge in [-0.2, -0.15) is 6.07 Å². The standard InChI is InChI=1S/C7H7N.Y/c1-6-4-2-3-5-7(6)8;/h2-5,8H,1H2;/q-2;. The normalized spacial score (nSPS) is 8.00. The smallest absolute Gasteiger partial charge is 0 e. The molecule has 9 heavy (non-hydrogen) atoms. The van der Waals surface area contributed by atoms with Crippen LogP contribution in [-0.2, 0) is 32.7 Å². The third-order valence-electron chi connectivity index (χ3n) is 1.02. The van der Waals surface area contributed by atoms with Gasteiger partial charge in [-0.25, -0.2) is 12.5 Å². The Bertz CT molecular complexity index is 165.